The number of aromatic nitrogens is 4. The Morgan fingerprint density at radius 3 is 2.88 bits per heavy atom. The van der Waals surface area contributed by atoms with Gasteiger partial charge in [0.25, 0.3) is 6.43 Å². The van der Waals surface area contributed by atoms with Gasteiger partial charge in [-0.2, -0.15) is 5.10 Å². The van der Waals surface area contributed by atoms with Crippen molar-refractivity contribution >= 4 is 17.4 Å². The second-order valence-corrected chi connectivity index (χ2v) is 6.41. The summed E-state index contributed by atoms with van der Waals surface area (Å²) < 4.78 is 26.0. The van der Waals surface area contributed by atoms with Crippen molar-refractivity contribution in [1.82, 2.24) is 30.0 Å². The highest BCUT2D eigenvalue weighted by atomic mass is 32.1. The minimum atomic E-state index is -2.52. The summed E-state index contributed by atoms with van der Waals surface area (Å²) >= 11 is 1.56. The third kappa shape index (κ3) is 4.95. The molecule has 0 aliphatic rings. The zero-order chi connectivity index (χ0) is 17.7. The Morgan fingerprint density at radius 2 is 2.25 bits per heavy atom. The van der Waals surface area contributed by atoms with Gasteiger partial charge in [0.1, 0.15) is 18.7 Å². The lowest BCUT2D eigenvalue weighted by atomic mass is 10.2. The number of rotatable bonds is 7. The van der Waals surface area contributed by atoms with Crippen LogP contribution in [0.15, 0.2) is 11.7 Å². The summed E-state index contributed by atoms with van der Waals surface area (Å²) in [5.74, 6) is 0.417. The second kappa shape index (κ2) is 8.13. The molecule has 0 unspecified atom stereocenters. The first kappa shape index (κ1) is 18.2. The number of nitrogens with one attached hydrogen (secondary N) is 1. The first-order valence-corrected chi connectivity index (χ1v) is 8.30. The lowest BCUT2D eigenvalue weighted by Gasteiger charge is -2.19. The normalized spacial score (nSPS) is 12.4. The fraction of sp³-hybridized carbons (Fsp3) is 0.571. The molecule has 24 heavy (non-hydrogen) atoms. The number of carbonyl (C=O) groups excluding carboxylic acids is 1. The van der Waals surface area contributed by atoms with E-state index in [1.807, 2.05) is 19.2 Å². The molecule has 2 rings (SSSR count). The van der Waals surface area contributed by atoms with Crippen LogP contribution in [0.1, 0.15) is 29.4 Å². The van der Waals surface area contributed by atoms with Crippen molar-refractivity contribution in [2.24, 2.45) is 0 Å². The lowest BCUT2D eigenvalue weighted by Crippen LogP contribution is -2.39. The van der Waals surface area contributed by atoms with E-state index in [0.717, 1.165) is 15.4 Å². The van der Waals surface area contributed by atoms with E-state index in [1.165, 1.54) is 11.2 Å². The van der Waals surface area contributed by atoms with Crippen LogP contribution in [0, 0.1) is 6.92 Å². The van der Waals surface area contributed by atoms with Gasteiger partial charge in [-0.1, -0.05) is 6.92 Å². The van der Waals surface area contributed by atoms with Gasteiger partial charge in [0.05, 0.1) is 11.6 Å². The standard InChI is InChI=1S/C14H20F2N6OS/c1-9(13-20-10(2)7-24-13)4-17-14(23)21(3)6-12-18-8-19-22(12)5-11(15)16/h7-9,11H,4-6H2,1-3H3,(H,17,23)/t9-/m1/s1. The molecule has 1 N–H and O–H groups in total. The van der Waals surface area contributed by atoms with Crippen LogP contribution < -0.4 is 5.32 Å². The molecule has 2 aromatic heterocycles. The third-order valence-corrected chi connectivity index (χ3v) is 4.54. The Morgan fingerprint density at radius 1 is 1.50 bits per heavy atom. The molecule has 1 atom stereocenters. The third-order valence-electron chi connectivity index (χ3n) is 3.35. The van der Waals surface area contributed by atoms with Crippen LogP contribution in [0.4, 0.5) is 13.6 Å². The van der Waals surface area contributed by atoms with Crippen LogP contribution in [-0.4, -0.2) is 50.7 Å². The number of hydrogen-bond acceptors (Lipinski definition) is 5. The monoisotopic (exact) mass is 358 g/mol. The second-order valence-electron chi connectivity index (χ2n) is 5.52. The molecule has 0 fully saturated rings. The summed E-state index contributed by atoms with van der Waals surface area (Å²) in [4.78, 5) is 21.8. The van der Waals surface area contributed by atoms with Gasteiger partial charge in [0.2, 0.25) is 0 Å². The molecule has 0 aliphatic heterocycles. The van der Waals surface area contributed by atoms with Crippen LogP contribution in [0.2, 0.25) is 0 Å². The van der Waals surface area contributed by atoms with Crippen molar-refractivity contribution < 1.29 is 13.6 Å². The molecule has 0 radical (unpaired) electrons. The highest BCUT2D eigenvalue weighted by Crippen LogP contribution is 2.18. The number of amides is 2. The molecule has 0 spiro atoms. The Kier molecular flexibility index (Phi) is 6.18. The molecular weight excluding hydrogens is 338 g/mol. The number of halogens is 2. The number of nitrogens with zero attached hydrogens (tertiary/aromatic N) is 5. The predicted molar refractivity (Wildman–Crippen MR) is 86.2 cm³/mol. The number of aryl methyl sites for hydroxylation is 1. The minimum absolute atomic E-state index is 0.100. The fourth-order valence-corrected chi connectivity index (χ4v) is 2.90. The largest absolute Gasteiger partial charge is 0.337 e. The van der Waals surface area contributed by atoms with Crippen molar-refractivity contribution in [2.75, 3.05) is 13.6 Å². The van der Waals surface area contributed by atoms with E-state index in [2.05, 4.69) is 20.4 Å². The van der Waals surface area contributed by atoms with Gasteiger partial charge in [-0.25, -0.2) is 28.2 Å². The molecule has 0 aliphatic carbocycles. The van der Waals surface area contributed by atoms with Crippen LogP contribution in [0.3, 0.4) is 0 Å². The van der Waals surface area contributed by atoms with Crippen LogP contribution in [0.5, 0.6) is 0 Å². The van der Waals surface area contributed by atoms with Crippen LogP contribution >= 0.6 is 11.3 Å². The van der Waals surface area contributed by atoms with E-state index >= 15 is 0 Å². The minimum Gasteiger partial charge on any atom is -0.337 e. The molecule has 132 valence electrons. The van der Waals surface area contributed by atoms with Crippen molar-refractivity contribution in [1.29, 1.82) is 0 Å². The van der Waals surface area contributed by atoms with E-state index < -0.39 is 13.0 Å². The molecule has 2 heterocycles. The summed E-state index contributed by atoms with van der Waals surface area (Å²) in [5, 5.41) is 9.49. The summed E-state index contributed by atoms with van der Waals surface area (Å²) in [6, 6.07) is -0.304. The predicted octanol–water partition coefficient (Wildman–Crippen LogP) is 2.25. The summed E-state index contributed by atoms with van der Waals surface area (Å²) in [6.45, 7) is 3.92. The zero-order valence-corrected chi connectivity index (χ0v) is 14.6. The molecule has 0 saturated carbocycles. The smallest absolute Gasteiger partial charge is 0.317 e. The van der Waals surface area contributed by atoms with E-state index in [0.29, 0.717) is 12.4 Å². The maximum atomic E-state index is 12.5. The van der Waals surface area contributed by atoms with Gasteiger partial charge < -0.3 is 10.2 Å². The van der Waals surface area contributed by atoms with Crippen molar-refractivity contribution in [3.8, 4) is 0 Å². The van der Waals surface area contributed by atoms with Crippen LogP contribution in [0.25, 0.3) is 0 Å². The quantitative estimate of drug-likeness (QED) is 0.824. The molecule has 0 bridgehead atoms. The van der Waals surface area contributed by atoms with E-state index in [-0.39, 0.29) is 18.5 Å². The lowest BCUT2D eigenvalue weighted by molar-refractivity contribution is 0.119. The summed E-state index contributed by atoms with van der Waals surface area (Å²) in [6.07, 6.45) is -1.32. The Balaban J connectivity index is 1.85. The van der Waals surface area contributed by atoms with E-state index in [1.54, 1.807) is 18.4 Å². The van der Waals surface area contributed by atoms with Gasteiger partial charge >= 0.3 is 6.03 Å². The van der Waals surface area contributed by atoms with Gasteiger partial charge in [0.15, 0.2) is 0 Å². The summed E-state index contributed by atoms with van der Waals surface area (Å²) in [7, 11) is 1.58. The van der Waals surface area contributed by atoms with Gasteiger partial charge in [-0.05, 0) is 6.92 Å². The number of hydrogen-bond donors (Lipinski definition) is 1. The highest BCUT2D eigenvalue weighted by Gasteiger charge is 2.17. The average Bonchev–Trinajstić information content (AvgIpc) is 3.13. The maximum Gasteiger partial charge on any atom is 0.317 e. The average molecular weight is 358 g/mol. The Labute approximate surface area is 142 Å². The van der Waals surface area contributed by atoms with Crippen molar-refractivity contribution in [2.45, 2.75) is 39.3 Å². The van der Waals surface area contributed by atoms with Crippen molar-refractivity contribution in [3.63, 3.8) is 0 Å². The van der Waals surface area contributed by atoms with E-state index in [4.69, 9.17) is 0 Å². The first-order valence-electron chi connectivity index (χ1n) is 7.42. The molecule has 0 saturated heterocycles. The fourth-order valence-electron chi connectivity index (χ4n) is 2.04. The van der Waals surface area contributed by atoms with E-state index in [9.17, 15) is 13.6 Å². The Bertz CT molecular complexity index is 674. The number of alkyl halides is 2. The molecule has 2 aromatic rings. The highest BCUT2D eigenvalue weighted by molar-refractivity contribution is 7.09. The topological polar surface area (TPSA) is 75.9 Å². The molecular formula is C14H20F2N6OS. The zero-order valence-electron chi connectivity index (χ0n) is 13.7. The molecule has 2 amide bonds. The molecule has 10 heteroatoms. The maximum absolute atomic E-state index is 12.5. The SMILES string of the molecule is Cc1csc([C@H](C)CNC(=O)N(C)Cc2ncnn2CC(F)F)n1. The van der Waals surface area contributed by atoms with Crippen molar-refractivity contribution in [3.05, 3.63) is 28.2 Å². The molecule has 0 aromatic carbocycles. The first-order chi connectivity index (χ1) is 11.4. The van der Waals surface area contributed by atoms with Gasteiger partial charge in [0, 0.05) is 30.6 Å². The number of carbonyl (C=O) groups is 1. The number of urea groups is 1. The van der Waals surface area contributed by atoms with Crippen LogP contribution in [-0.2, 0) is 13.1 Å². The van der Waals surface area contributed by atoms with Gasteiger partial charge in [-0.15, -0.1) is 11.3 Å². The summed E-state index contributed by atoms with van der Waals surface area (Å²) in [5.41, 5.74) is 0.962. The molecule has 7 nitrogen and oxygen atoms in total. The number of thiazole rings is 1. The van der Waals surface area contributed by atoms with Gasteiger partial charge in [-0.3, -0.25) is 0 Å². The Hall–Kier alpha value is -2.10.